The van der Waals surface area contributed by atoms with Crippen molar-refractivity contribution in [2.45, 2.75) is 36.8 Å². The Morgan fingerprint density at radius 1 is 1.07 bits per heavy atom. The number of hydrogen-bond acceptors (Lipinski definition) is 6. The van der Waals surface area contributed by atoms with Crippen molar-refractivity contribution in [2.24, 2.45) is 0 Å². The highest BCUT2D eigenvalue weighted by atomic mass is 32.2. The second-order valence-corrected chi connectivity index (χ2v) is 11.6. The quantitative estimate of drug-likeness (QED) is 0.265. The Balaban J connectivity index is 1.22. The summed E-state index contributed by atoms with van der Waals surface area (Å²) in [5.41, 5.74) is 2.53. The average Bonchev–Trinajstić information content (AvgIpc) is 3.62. The van der Waals surface area contributed by atoms with E-state index < -0.39 is 23.1 Å². The zero-order chi connectivity index (χ0) is 29.4. The first-order valence-electron chi connectivity index (χ1n) is 13.3. The number of benzene rings is 2. The molecule has 0 saturated carbocycles. The summed E-state index contributed by atoms with van der Waals surface area (Å²) in [6.45, 7) is 2.82. The molecule has 1 N–H and O–H groups in total. The van der Waals surface area contributed by atoms with Crippen molar-refractivity contribution in [3.05, 3.63) is 102 Å². The first-order valence-corrected chi connectivity index (χ1v) is 14.4. The van der Waals surface area contributed by atoms with Crippen LogP contribution in [0, 0.1) is 6.92 Å². The van der Waals surface area contributed by atoms with Gasteiger partial charge in [-0.25, -0.2) is 14.2 Å². The van der Waals surface area contributed by atoms with Crippen LogP contribution in [-0.2, 0) is 17.5 Å². The third kappa shape index (κ3) is 5.62. The highest BCUT2D eigenvalue weighted by Gasteiger charge is 2.35. The molecule has 6 rings (SSSR count). The minimum Gasteiger partial charge on any atom is -0.593 e. The molecule has 9 nitrogen and oxygen atoms in total. The fourth-order valence-electron chi connectivity index (χ4n) is 4.99. The number of fused-ring (bicyclic) bond motifs is 1. The number of hydrogen-bond donors (Lipinski definition) is 1. The zero-order valence-electron chi connectivity index (χ0n) is 22.5. The van der Waals surface area contributed by atoms with E-state index in [1.54, 1.807) is 27.4 Å². The second kappa shape index (κ2) is 11.2. The fraction of sp³-hybridized carbons (Fsp3) is 0.241. The van der Waals surface area contributed by atoms with Crippen molar-refractivity contribution in [2.75, 3.05) is 18.4 Å². The molecule has 1 saturated heterocycles. The first-order chi connectivity index (χ1) is 20.2. The number of carbonyl (C=O) groups excluding carboxylic acids is 1. The molecule has 13 heteroatoms. The van der Waals surface area contributed by atoms with Gasteiger partial charge in [0.2, 0.25) is 0 Å². The topological polar surface area (TPSA) is 103 Å². The van der Waals surface area contributed by atoms with E-state index in [-0.39, 0.29) is 16.7 Å². The van der Waals surface area contributed by atoms with E-state index in [2.05, 4.69) is 15.4 Å². The van der Waals surface area contributed by atoms with E-state index in [4.69, 9.17) is 5.10 Å². The van der Waals surface area contributed by atoms with E-state index in [1.165, 1.54) is 22.8 Å². The highest BCUT2D eigenvalue weighted by Crippen LogP contribution is 2.34. The number of nitrogens with zero attached hydrogens (tertiary/aromatic N) is 6. The number of carbonyl (C=O) groups is 1. The van der Waals surface area contributed by atoms with Crippen molar-refractivity contribution in [3.8, 4) is 5.69 Å². The van der Waals surface area contributed by atoms with Crippen molar-refractivity contribution >= 4 is 28.7 Å². The molecule has 1 fully saturated rings. The van der Waals surface area contributed by atoms with Gasteiger partial charge in [0.05, 0.1) is 34.5 Å². The van der Waals surface area contributed by atoms with Gasteiger partial charge in [-0.05, 0) is 50.1 Å². The van der Waals surface area contributed by atoms with E-state index in [0.29, 0.717) is 43.0 Å². The Morgan fingerprint density at radius 3 is 2.57 bits per heavy atom. The van der Waals surface area contributed by atoms with E-state index in [1.807, 2.05) is 37.3 Å². The van der Waals surface area contributed by atoms with Crippen LogP contribution in [-0.4, -0.2) is 52.2 Å². The van der Waals surface area contributed by atoms with Crippen molar-refractivity contribution in [3.63, 3.8) is 0 Å². The molecule has 0 bridgehead atoms. The minimum absolute atomic E-state index is 0.000698. The van der Waals surface area contributed by atoms with Gasteiger partial charge in [0.25, 0.3) is 5.91 Å². The van der Waals surface area contributed by atoms with Gasteiger partial charge in [0.15, 0.2) is 10.5 Å². The lowest BCUT2D eigenvalue weighted by Gasteiger charge is -2.31. The number of anilines is 1. The standard InChI is InChI=1S/C29H26F3N7O2S/c1-19-6-8-22(9-7-19)39-26(35-28(40)24-18-34-38-13-3-12-33-27(24)38)17-25(36-39)20-10-14-37(15-11-20)42(41)23-5-2-4-21(16-23)29(30,31)32/h2-9,12-13,16-18,20H,10-11,14-15H2,1H3,(H,35,40). The minimum atomic E-state index is -4.50. The monoisotopic (exact) mass is 593 g/mol. The van der Waals surface area contributed by atoms with Crippen molar-refractivity contribution < 1.29 is 22.5 Å². The lowest BCUT2D eigenvalue weighted by molar-refractivity contribution is -0.137. The van der Waals surface area contributed by atoms with Crippen LogP contribution in [0.4, 0.5) is 19.0 Å². The smallest absolute Gasteiger partial charge is 0.416 e. The number of alkyl halides is 3. The molecular formula is C29H26F3N7O2S. The second-order valence-electron chi connectivity index (χ2n) is 10.1. The number of amides is 1. The van der Waals surface area contributed by atoms with E-state index in [9.17, 15) is 22.5 Å². The molecule has 216 valence electrons. The van der Waals surface area contributed by atoms with Crippen LogP contribution in [0.15, 0.2) is 84.1 Å². The average molecular weight is 594 g/mol. The lowest BCUT2D eigenvalue weighted by atomic mass is 9.95. The third-order valence-electron chi connectivity index (χ3n) is 7.24. The predicted octanol–water partition coefficient (Wildman–Crippen LogP) is 5.40. The number of rotatable bonds is 6. The van der Waals surface area contributed by atoms with Crippen LogP contribution >= 0.6 is 0 Å². The van der Waals surface area contributed by atoms with Gasteiger partial charge in [-0.2, -0.15) is 23.4 Å². The summed E-state index contributed by atoms with van der Waals surface area (Å²) in [5, 5.41) is 12.0. The fourth-order valence-corrected chi connectivity index (χ4v) is 6.25. The van der Waals surface area contributed by atoms with Gasteiger partial charge in [0, 0.05) is 43.5 Å². The summed E-state index contributed by atoms with van der Waals surface area (Å²) in [6.07, 6.45) is 1.46. The molecule has 1 unspecified atom stereocenters. The maximum absolute atomic E-state index is 13.3. The van der Waals surface area contributed by atoms with Crippen molar-refractivity contribution in [1.29, 1.82) is 0 Å². The number of piperidine rings is 1. The molecule has 0 aliphatic carbocycles. The molecule has 1 aliphatic rings. The molecule has 3 aromatic heterocycles. The zero-order valence-corrected chi connectivity index (χ0v) is 23.3. The highest BCUT2D eigenvalue weighted by molar-refractivity contribution is 7.89. The van der Waals surface area contributed by atoms with Crippen LogP contribution in [0.5, 0.6) is 0 Å². The molecule has 4 heterocycles. The Morgan fingerprint density at radius 2 is 1.83 bits per heavy atom. The van der Waals surface area contributed by atoms with Gasteiger partial charge in [-0.15, -0.1) is 4.31 Å². The van der Waals surface area contributed by atoms with E-state index in [0.717, 1.165) is 29.1 Å². The SMILES string of the molecule is Cc1ccc(-n2nc(C3CCN([S+]([O-])c4cccc(C(F)(F)F)c4)CC3)cc2NC(=O)c2cnn3cccnc23)cc1. The van der Waals surface area contributed by atoms with Crippen LogP contribution < -0.4 is 5.32 Å². The number of aryl methyl sites for hydroxylation is 1. The lowest BCUT2D eigenvalue weighted by Crippen LogP contribution is -2.38. The van der Waals surface area contributed by atoms with Crippen LogP contribution in [0.25, 0.3) is 11.3 Å². The molecular weight excluding hydrogens is 567 g/mol. The van der Waals surface area contributed by atoms with Gasteiger partial charge in [-0.1, -0.05) is 23.8 Å². The van der Waals surface area contributed by atoms with Crippen LogP contribution in [0.1, 0.15) is 45.9 Å². The van der Waals surface area contributed by atoms with Crippen molar-refractivity contribution in [1.82, 2.24) is 28.7 Å². The molecule has 1 amide bonds. The Kier molecular flexibility index (Phi) is 7.47. The third-order valence-corrected chi connectivity index (χ3v) is 8.73. The predicted molar refractivity (Wildman–Crippen MR) is 151 cm³/mol. The van der Waals surface area contributed by atoms with E-state index >= 15 is 0 Å². The largest absolute Gasteiger partial charge is 0.593 e. The van der Waals surface area contributed by atoms with Gasteiger partial charge >= 0.3 is 6.18 Å². The van der Waals surface area contributed by atoms with Gasteiger partial charge in [-0.3, -0.25) is 4.79 Å². The Hall–Kier alpha value is -4.20. The maximum Gasteiger partial charge on any atom is 0.416 e. The normalized spacial score (nSPS) is 15.6. The molecule has 2 aromatic carbocycles. The van der Waals surface area contributed by atoms with Gasteiger partial charge < -0.3 is 9.87 Å². The Bertz CT molecular complexity index is 1730. The summed E-state index contributed by atoms with van der Waals surface area (Å²) in [4.78, 5) is 17.7. The van der Waals surface area contributed by atoms with Gasteiger partial charge in [0.1, 0.15) is 11.4 Å². The summed E-state index contributed by atoms with van der Waals surface area (Å²) in [7, 11) is 0. The number of aromatic nitrogens is 5. The first kappa shape index (κ1) is 27.9. The van der Waals surface area contributed by atoms with Crippen LogP contribution in [0.2, 0.25) is 0 Å². The Labute approximate surface area is 242 Å². The number of halogens is 3. The summed E-state index contributed by atoms with van der Waals surface area (Å²) in [6, 6.07) is 16.0. The van der Waals surface area contributed by atoms with Crippen LogP contribution in [0.3, 0.4) is 0 Å². The molecule has 5 aromatic rings. The summed E-state index contributed by atoms with van der Waals surface area (Å²) >= 11 is -1.72. The summed E-state index contributed by atoms with van der Waals surface area (Å²) < 4.78 is 57.5. The maximum atomic E-state index is 13.3. The molecule has 0 spiro atoms. The summed E-state index contributed by atoms with van der Waals surface area (Å²) in [5.74, 6) is 0.0969. The molecule has 1 aliphatic heterocycles. The molecule has 0 radical (unpaired) electrons. The number of nitrogens with one attached hydrogen (secondary N) is 1. The molecule has 1 atom stereocenters. The molecule has 42 heavy (non-hydrogen) atoms.